The molecule has 5 rings (SSSR count). The second-order valence-corrected chi connectivity index (χ2v) is 10.9. The first-order valence-corrected chi connectivity index (χ1v) is 14.1. The van der Waals surface area contributed by atoms with E-state index in [0.29, 0.717) is 40.2 Å². The van der Waals surface area contributed by atoms with Gasteiger partial charge in [-0.1, -0.05) is 42.1 Å². The van der Waals surface area contributed by atoms with Crippen LogP contribution in [0.4, 0.5) is 17.1 Å². The molecule has 2 aliphatic heterocycles. The highest BCUT2D eigenvalue weighted by Crippen LogP contribution is 2.51. The highest BCUT2D eigenvalue weighted by molar-refractivity contribution is 8.19. The van der Waals surface area contributed by atoms with Crippen LogP contribution in [0.2, 0.25) is 0 Å². The van der Waals surface area contributed by atoms with Crippen molar-refractivity contribution in [1.29, 1.82) is 5.26 Å². The zero-order chi connectivity index (χ0) is 28.2. The third kappa shape index (κ3) is 5.64. The second kappa shape index (κ2) is 11.8. The minimum Gasteiger partial charge on any atom is -0.484 e. The number of carbonyl (C=O) groups excluding carboxylic acids is 2. The first-order valence-electron chi connectivity index (χ1n) is 12.5. The fourth-order valence-corrected chi connectivity index (χ4v) is 6.57. The summed E-state index contributed by atoms with van der Waals surface area (Å²) in [5.74, 6) is -0.184. The number of nitrogens with two attached hydrogens (primary N) is 1. The number of anilines is 2. The molecule has 2 aliphatic rings. The smallest absolute Gasteiger partial charge is 0.269 e. The maximum Gasteiger partial charge on any atom is 0.269 e. The molecule has 0 atom stereocenters. The summed E-state index contributed by atoms with van der Waals surface area (Å²) >= 11 is 2.80. The number of amides is 2. The summed E-state index contributed by atoms with van der Waals surface area (Å²) in [5, 5.41) is 14.1. The van der Waals surface area contributed by atoms with Crippen molar-refractivity contribution in [2.45, 2.75) is 18.4 Å². The van der Waals surface area contributed by atoms with Gasteiger partial charge in [0, 0.05) is 24.6 Å². The molecule has 0 aliphatic carbocycles. The molecule has 2 heterocycles. The van der Waals surface area contributed by atoms with Crippen molar-refractivity contribution in [3.8, 4) is 11.8 Å². The molecule has 0 bridgehead atoms. The van der Waals surface area contributed by atoms with E-state index < -0.39 is 5.91 Å². The third-order valence-electron chi connectivity index (χ3n) is 6.14. The molecule has 202 valence electrons. The molecule has 11 heteroatoms. The van der Waals surface area contributed by atoms with E-state index in [0.717, 1.165) is 26.9 Å². The minimum atomic E-state index is -0.553. The van der Waals surface area contributed by atoms with Gasteiger partial charge in [0.25, 0.3) is 11.8 Å². The molecule has 40 heavy (non-hydrogen) atoms. The molecule has 0 radical (unpaired) electrons. The summed E-state index contributed by atoms with van der Waals surface area (Å²) in [6.07, 6.45) is 0. The average Bonchev–Trinajstić information content (AvgIpc) is 3.44. The number of nitriles is 1. The van der Waals surface area contributed by atoms with Crippen LogP contribution in [0.1, 0.15) is 18.1 Å². The Morgan fingerprint density at radius 3 is 2.65 bits per heavy atom. The summed E-state index contributed by atoms with van der Waals surface area (Å²) in [7, 11) is 1.89. The Kier molecular flexibility index (Phi) is 8.00. The number of aliphatic imine (C=N–C) groups is 1. The predicted octanol–water partition coefficient (Wildman–Crippen LogP) is 5.03. The summed E-state index contributed by atoms with van der Waals surface area (Å²) in [6.45, 7) is 2.81. The van der Waals surface area contributed by atoms with Crippen molar-refractivity contribution >= 4 is 57.6 Å². The number of primary amides is 1. The Labute approximate surface area is 240 Å². The van der Waals surface area contributed by atoms with Crippen LogP contribution in [-0.4, -0.2) is 42.1 Å². The first kappa shape index (κ1) is 27.2. The van der Waals surface area contributed by atoms with Crippen LogP contribution in [0.15, 0.2) is 86.6 Å². The van der Waals surface area contributed by atoms with Crippen LogP contribution >= 0.6 is 23.5 Å². The molecule has 0 unspecified atom stereocenters. The van der Waals surface area contributed by atoms with Crippen LogP contribution in [0.5, 0.6) is 5.75 Å². The number of nitrogens with zero attached hydrogens (tertiary/aromatic N) is 4. The van der Waals surface area contributed by atoms with Crippen LogP contribution in [0.3, 0.4) is 0 Å². The van der Waals surface area contributed by atoms with E-state index in [1.807, 2.05) is 73.5 Å². The van der Waals surface area contributed by atoms with Crippen LogP contribution in [0.25, 0.3) is 0 Å². The Bertz CT molecular complexity index is 1580. The van der Waals surface area contributed by atoms with Gasteiger partial charge in [0.2, 0.25) is 0 Å². The summed E-state index contributed by atoms with van der Waals surface area (Å²) < 4.78 is 5.48. The Morgan fingerprint density at radius 2 is 1.93 bits per heavy atom. The van der Waals surface area contributed by atoms with E-state index >= 15 is 0 Å². The molecular formula is C29H26N6O3S2. The molecule has 0 aromatic heterocycles. The maximum atomic E-state index is 13.9. The molecule has 3 aromatic rings. The van der Waals surface area contributed by atoms with Crippen molar-refractivity contribution in [1.82, 2.24) is 4.90 Å². The summed E-state index contributed by atoms with van der Waals surface area (Å²) in [6, 6.07) is 22.9. The van der Waals surface area contributed by atoms with E-state index in [2.05, 4.69) is 11.4 Å². The predicted molar refractivity (Wildman–Crippen MR) is 159 cm³/mol. The van der Waals surface area contributed by atoms with Gasteiger partial charge in [-0.05, 0) is 54.6 Å². The highest BCUT2D eigenvalue weighted by Gasteiger charge is 2.39. The van der Waals surface area contributed by atoms with Crippen molar-refractivity contribution in [3.63, 3.8) is 0 Å². The van der Waals surface area contributed by atoms with E-state index in [-0.39, 0.29) is 12.5 Å². The topological polar surface area (TPSA) is 124 Å². The molecule has 9 nitrogen and oxygen atoms in total. The Balaban J connectivity index is 1.51. The van der Waals surface area contributed by atoms with E-state index in [9.17, 15) is 14.9 Å². The van der Waals surface area contributed by atoms with E-state index in [4.69, 9.17) is 15.5 Å². The van der Waals surface area contributed by atoms with Crippen molar-refractivity contribution < 1.29 is 14.3 Å². The Hall–Kier alpha value is -4.40. The SMILES string of the molecule is CCNc1ccc(N=C2S/C(=C3/Sc4ccc(OCC(N)=O)cc4N3C)C(=O)N2Cc2ccccc2)cc1C#N. The lowest BCUT2D eigenvalue weighted by atomic mass is 10.1. The lowest BCUT2D eigenvalue weighted by Gasteiger charge is -2.17. The minimum absolute atomic E-state index is 0.148. The summed E-state index contributed by atoms with van der Waals surface area (Å²) in [4.78, 5) is 35.0. The van der Waals surface area contributed by atoms with Crippen LogP contribution < -0.4 is 20.7 Å². The van der Waals surface area contributed by atoms with Gasteiger partial charge in [-0.15, -0.1) is 0 Å². The van der Waals surface area contributed by atoms with Gasteiger partial charge in [0.05, 0.1) is 34.2 Å². The van der Waals surface area contributed by atoms with Gasteiger partial charge in [-0.25, -0.2) is 4.99 Å². The molecule has 1 fully saturated rings. The monoisotopic (exact) mass is 570 g/mol. The van der Waals surface area contributed by atoms with Gasteiger partial charge in [-0.2, -0.15) is 5.26 Å². The molecule has 0 saturated carbocycles. The van der Waals surface area contributed by atoms with Gasteiger partial charge in [0.15, 0.2) is 11.8 Å². The quantitative estimate of drug-likeness (QED) is 0.362. The van der Waals surface area contributed by atoms with Crippen LogP contribution in [-0.2, 0) is 16.1 Å². The van der Waals surface area contributed by atoms with Gasteiger partial charge < -0.3 is 20.7 Å². The number of rotatable bonds is 8. The standard InChI is InChI=1S/C29H26N6O3S2/c1-3-32-22-11-9-20(13-19(22)15-30)33-29-35(16-18-7-5-4-6-8-18)27(37)26(40-29)28-34(2)23-14-21(38-17-25(31)36)10-12-24(23)39-28/h4-14,32H,3,16-17H2,1-2H3,(H2,31,36)/b28-26+,33-29?. The number of carbonyl (C=O) groups is 2. The number of thioether (sulfide) groups is 2. The number of nitrogens with one attached hydrogen (secondary N) is 1. The number of ether oxygens (including phenoxy) is 1. The van der Waals surface area contributed by atoms with Crippen molar-refractivity contribution in [2.75, 3.05) is 30.4 Å². The molecule has 0 spiro atoms. The maximum absolute atomic E-state index is 13.9. The molecular weight excluding hydrogens is 544 g/mol. The molecule has 1 saturated heterocycles. The number of amidine groups is 1. The fourth-order valence-electron chi connectivity index (χ4n) is 4.24. The largest absolute Gasteiger partial charge is 0.484 e. The zero-order valence-corrected chi connectivity index (χ0v) is 23.5. The number of hydrogen-bond donors (Lipinski definition) is 2. The first-order chi connectivity index (χ1) is 19.4. The Morgan fingerprint density at radius 1 is 1.12 bits per heavy atom. The fraction of sp³-hybridized carbons (Fsp3) is 0.172. The van der Waals surface area contributed by atoms with Gasteiger partial charge in [-0.3, -0.25) is 14.5 Å². The van der Waals surface area contributed by atoms with Gasteiger partial charge in [0.1, 0.15) is 16.7 Å². The number of benzene rings is 3. The highest BCUT2D eigenvalue weighted by atomic mass is 32.2. The number of fused-ring (bicyclic) bond motifs is 1. The summed E-state index contributed by atoms with van der Waals surface area (Å²) in [5.41, 5.74) is 8.87. The average molecular weight is 571 g/mol. The van der Waals surface area contributed by atoms with Crippen molar-refractivity contribution in [2.24, 2.45) is 10.7 Å². The van der Waals surface area contributed by atoms with Gasteiger partial charge >= 0.3 is 0 Å². The lowest BCUT2D eigenvalue weighted by Crippen LogP contribution is -2.29. The van der Waals surface area contributed by atoms with Crippen molar-refractivity contribution in [3.05, 3.63) is 87.8 Å². The molecule has 2 amide bonds. The third-order valence-corrected chi connectivity index (χ3v) is 8.57. The molecule has 3 aromatic carbocycles. The number of hydrogen-bond acceptors (Lipinski definition) is 9. The van der Waals surface area contributed by atoms with E-state index in [1.54, 1.807) is 17.0 Å². The second-order valence-electron chi connectivity index (χ2n) is 8.93. The lowest BCUT2D eigenvalue weighted by molar-refractivity contribution is -0.122. The molecule has 3 N–H and O–H groups in total. The van der Waals surface area contributed by atoms with E-state index in [1.165, 1.54) is 23.5 Å². The van der Waals surface area contributed by atoms with Crippen LogP contribution in [0, 0.1) is 11.3 Å². The normalized spacial score (nSPS) is 17.2. The zero-order valence-electron chi connectivity index (χ0n) is 21.9.